The Hall–Kier alpha value is -2.46. The zero-order valence-electron chi connectivity index (χ0n) is 49.0. The monoisotopic (exact) mass is 1200 g/mol. The maximum Gasteiger partial charge on any atom is 0.335 e. The third-order valence-corrected chi connectivity index (χ3v) is 22.3. The van der Waals surface area contributed by atoms with Crippen molar-refractivity contribution >= 4 is 11.9 Å². The maximum absolute atomic E-state index is 13.4. The second kappa shape index (κ2) is 24.4. The molecular weight excluding hydrogens is 1110 g/mol. The van der Waals surface area contributed by atoms with Crippen molar-refractivity contribution in [3.8, 4) is 0 Å². The van der Waals surface area contributed by atoms with Gasteiger partial charge < -0.3 is 119 Å². The Labute approximate surface area is 487 Å². The lowest BCUT2D eigenvalue weighted by molar-refractivity contribution is -0.401. The molecule has 480 valence electrons. The van der Waals surface area contributed by atoms with Gasteiger partial charge >= 0.3 is 11.9 Å². The van der Waals surface area contributed by atoms with Gasteiger partial charge in [-0.1, -0.05) is 59.3 Å². The van der Waals surface area contributed by atoms with Gasteiger partial charge in [0.1, 0.15) is 91.6 Å². The molecule has 84 heavy (non-hydrogen) atoms. The molecule has 30 atom stereocenters. The quantitative estimate of drug-likeness (QED) is 0.0352. The Morgan fingerprint density at radius 2 is 1.23 bits per heavy atom. The molecule has 0 radical (unpaired) electrons. The first-order valence-corrected chi connectivity index (χ1v) is 29.6. The SMILES string of the molecule is C/C=C(\C)C(=O)OC1CC(C)(C)C[C@H]2C3=CC[C@@H]4[C@@]5(C)CCC(O[C@@H]6O[C@@H](C(=O)O)[C@@H](O)C(O[C@@H]7OC[C@H](O)[C@@H](O)[C@@H]7O[C@@H]7OC(CO)C(O)[C@@H](O)[C@@H]7O)C6O[C@@H]6OC(CO)C(O)C(O)C6O)[C@@](C)(CO)[C@@H]5CC[C@]4(C)[C@]3(C)CC(O)[C@@]12CO. The minimum atomic E-state index is -2.28. The highest BCUT2D eigenvalue weighted by Crippen LogP contribution is 2.76. The van der Waals surface area contributed by atoms with Crippen LogP contribution in [0.5, 0.6) is 0 Å². The van der Waals surface area contributed by atoms with E-state index < -0.39 is 207 Å². The van der Waals surface area contributed by atoms with E-state index in [0.29, 0.717) is 44.1 Å². The first-order chi connectivity index (χ1) is 39.4. The number of carbonyl (C=O) groups excluding carboxylic acids is 1. The number of aliphatic hydroxyl groups is 14. The summed E-state index contributed by atoms with van der Waals surface area (Å²) in [6.45, 7) is 12.9. The standard InChI is InChI=1S/C58H92O26/c1-9-24(2)48(75)79-34-18-53(3,4)16-26-25-10-11-31-54(5)14-13-33(55(6,22-61)30(54)12-15-56(31,7)57(25,8)17-32(64)58(26,34)23-62)80-52-46(84-50-41(71)39(69)37(67)29(20-60)78-50)43(42(72)44(82-52)47(73)74)81-51-45(35(65)27(63)21-76-51)83-49-40(70)38(68)36(66)28(19-59)77-49/h9-10,26-46,49-52,59-72H,11-23H2,1-8H3,(H,73,74)/b24-9+/t26-,27-,28?,29?,30+,31+,32?,33?,34?,35+,36?,37?,38+,39?,40-,41?,42-,43?,44+,45-,46?,49-,50-,51-,52+,54-,55-,56-,57+,58-/m0/s1. The molecule has 4 aliphatic heterocycles. The van der Waals surface area contributed by atoms with Gasteiger partial charge in [-0.25, -0.2) is 9.59 Å². The first kappa shape index (κ1) is 66.0. The molecular formula is C58H92O26. The lowest BCUT2D eigenvalue weighted by Crippen LogP contribution is -2.70. The van der Waals surface area contributed by atoms with E-state index in [9.17, 15) is 86.2 Å². The number of carboxylic acid groups (broad SMARTS) is 1. The number of aliphatic carboxylic acids is 1. The van der Waals surface area contributed by atoms with E-state index in [-0.39, 0.29) is 36.0 Å². The van der Waals surface area contributed by atoms with Gasteiger partial charge in [-0.05, 0) is 105 Å². The predicted molar refractivity (Wildman–Crippen MR) is 285 cm³/mol. The van der Waals surface area contributed by atoms with Crippen molar-refractivity contribution in [3.05, 3.63) is 23.3 Å². The lowest BCUT2D eigenvalue weighted by atomic mass is 9.33. The van der Waals surface area contributed by atoms with E-state index in [1.807, 2.05) is 6.92 Å². The van der Waals surface area contributed by atoms with E-state index >= 15 is 0 Å². The van der Waals surface area contributed by atoms with Crippen molar-refractivity contribution < 1.29 is 129 Å². The molecule has 5 aliphatic carbocycles. The Morgan fingerprint density at radius 3 is 1.79 bits per heavy atom. The first-order valence-electron chi connectivity index (χ1n) is 29.6. The summed E-state index contributed by atoms with van der Waals surface area (Å²) in [6.07, 6.45) is -32.0. The van der Waals surface area contributed by atoms with E-state index in [0.717, 1.165) is 5.57 Å². The maximum atomic E-state index is 13.4. The molecule has 11 unspecified atom stereocenters. The summed E-state index contributed by atoms with van der Waals surface area (Å²) in [6, 6.07) is 0. The van der Waals surface area contributed by atoms with Crippen molar-refractivity contribution in [1.29, 1.82) is 0 Å². The molecule has 0 aromatic rings. The van der Waals surface area contributed by atoms with Gasteiger partial charge in [-0.2, -0.15) is 0 Å². The van der Waals surface area contributed by atoms with E-state index in [1.54, 1.807) is 19.9 Å². The number of hydrogen-bond donors (Lipinski definition) is 15. The summed E-state index contributed by atoms with van der Waals surface area (Å²) in [5, 5.41) is 166. The Bertz CT molecular complexity index is 2410. The summed E-state index contributed by atoms with van der Waals surface area (Å²) in [5.74, 6) is -2.94. The zero-order valence-corrected chi connectivity index (χ0v) is 49.0. The van der Waals surface area contributed by atoms with Gasteiger partial charge in [0.25, 0.3) is 0 Å². The molecule has 0 aromatic carbocycles. The molecule has 9 rings (SSSR count). The van der Waals surface area contributed by atoms with E-state index in [1.165, 1.54) is 0 Å². The number of esters is 1. The van der Waals surface area contributed by atoms with Crippen LogP contribution >= 0.6 is 0 Å². The van der Waals surface area contributed by atoms with Crippen molar-refractivity contribution in [3.63, 3.8) is 0 Å². The largest absolute Gasteiger partial charge is 0.479 e. The molecule has 0 amide bonds. The molecule has 0 bridgehead atoms. The van der Waals surface area contributed by atoms with Crippen molar-refractivity contribution in [2.45, 2.75) is 242 Å². The topological polar surface area (TPSA) is 421 Å². The lowest BCUT2D eigenvalue weighted by Gasteiger charge is -2.72. The van der Waals surface area contributed by atoms with Crippen molar-refractivity contribution in [2.75, 3.05) is 33.0 Å². The molecule has 8 fully saturated rings. The van der Waals surface area contributed by atoms with Crippen LogP contribution in [0.25, 0.3) is 0 Å². The van der Waals surface area contributed by atoms with Crippen molar-refractivity contribution in [1.82, 2.24) is 0 Å². The van der Waals surface area contributed by atoms with Gasteiger partial charge in [-0.15, -0.1) is 0 Å². The van der Waals surface area contributed by atoms with Crippen LogP contribution in [0.1, 0.15) is 107 Å². The Balaban J connectivity index is 1.05. The van der Waals surface area contributed by atoms with Gasteiger partial charge in [-0.3, -0.25) is 0 Å². The second-order valence-corrected chi connectivity index (χ2v) is 27.3. The molecule has 0 spiro atoms. The molecule has 4 saturated carbocycles. The minimum Gasteiger partial charge on any atom is -0.479 e. The number of fused-ring (bicyclic) bond motifs is 7. The predicted octanol–water partition coefficient (Wildman–Crippen LogP) is -2.40. The highest BCUT2D eigenvalue weighted by Gasteiger charge is 2.73. The Morgan fingerprint density at radius 1 is 0.631 bits per heavy atom. The summed E-state index contributed by atoms with van der Waals surface area (Å²) >= 11 is 0. The highest BCUT2D eigenvalue weighted by atomic mass is 16.8. The average Bonchev–Trinajstić information content (AvgIpc) is 0.764. The molecule has 26 nitrogen and oxygen atoms in total. The minimum absolute atomic E-state index is 0.0549. The number of ether oxygens (including phenoxy) is 9. The van der Waals surface area contributed by atoms with E-state index in [2.05, 4.69) is 40.7 Å². The molecule has 4 saturated heterocycles. The molecule has 0 aromatic heterocycles. The fourth-order valence-electron chi connectivity index (χ4n) is 17.1. The number of carbonyl (C=O) groups is 2. The van der Waals surface area contributed by atoms with Gasteiger partial charge in [0.05, 0.1) is 50.7 Å². The van der Waals surface area contributed by atoms with Gasteiger partial charge in [0.15, 0.2) is 31.3 Å². The Kier molecular flexibility index (Phi) is 19.2. The number of carboxylic acids is 1. The number of rotatable bonds is 15. The van der Waals surface area contributed by atoms with Crippen LogP contribution in [0.15, 0.2) is 23.3 Å². The third kappa shape index (κ3) is 10.8. The summed E-state index contributed by atoms with van der Waals surface area (Å²) < 4.78 is 54.8. The van der Waals surface area contributed by atoms with Crippen LogP contribution in [-0.4, -0.2) is 257 Å². The summed E-state index contributed by atoms with van der Waals surface area (Å²) in [4.78, 5) is 26.6. The van der Waals surface area contributed by atoms with Crippen LogP contribution in [0.2, 0.25) is 0 Å². The third-order valence-electron chi connectivity index (χ3n) is 22.3. The van der Waals surface area contributed by atoms with E-state index in [4.69, 9.17) is 42.6 Å². The second-order valence-electron chi connectivity index (χ2n) is 27.3. The molecule has 9 aliphatic rings. The number of allylic oxidation sites excluding steroid dienone is 3. The fraction of sp³-hybridized carbons (Fsp3) is 0.897. The van der Waals surface area contributed by atoms with Crippen molar-refractivity contribution in [2.24, 2.45) is 50.2 Å². The van der Waals surface area contributed by atoms with Crippen LogP contribution in [0.4, 0.5) is 0 Å². The van der Waals surface area contributed by atoms with Crippen LogP contribution in [-0.2, 0) is 52.2 Å². The highest BCUT2D eigenvalue weighted by molar-refractivity contribution is 5.87. The average molecular weight is 1210 g/mol. The molecule has 15 N–H and O–H groups in total. The smallest absolute Gasteiger partial charge is 0.335 e. The fourth-order valence-corrected chi connectivity index (χ4v) is 17.1. The van der Waals surface area contributed by atoms with Gasteiger partial charge in [0.2, 0.25) is 0 Å². The van der Waals surface area contributed by atoms with Crippen LogP contribution in [0.3, 0.4) is 0 Å². The number of aliphatic hydroxyl groups excluding tert-OH is 14. The van der Waals surface area contributed by atoms with Crippen LogP contribution in [0, 0.1) is 50.2 Å². The van der Waals surface area contributed by atoms with Gasteiger partial charge in [0, 0.05) is 11.0 Å². The normalized spacial score (nSPS) is 52.2. The zero-order chi connectivity index (χ0) is 61.7. The summed E-state index contributed by atoms with van der Waals surface area (Å²) in [5.41, 5.74) is -2.72. The summed E-state index contributed by atoms with van der Waals surface area (Å²) in [7, 11) is 0. The molecule has 4 heterocycles. The molecule has 26 heteroatoms. The van der Waals surface area contributed by atoms with Crippen LogP contribution < -0.4 is 0 Å². The number of hydrogen-bond acceptors (Lipinski definition) is 25.